The van der Waals surface area contributed by atoms with Gasteiger partial charge in [0, 0.05) is 10.8 Å². The van der Waals surface area contributed by atoms with Crippen LogP contribution in [0.3, 0.4) is 0 Å². The van der Waals surface area contributed by atoms with Crippen LogP contribution in [0.4, 0.5) is 0 Å². The molecule has 6 unspecified atom stereocenters. The van der Waals surface area contributed by atoms with Crippen LogP contribution in [0.25, 0.3) is 0 Å². The van der Waals surface area contributed by atoms with E-state index < -0.39 is 0 Å². The Morgan fingerprint density at radius 3 is 1.30 bits per heavy atom. The number of benzene rings is 2. The molecule has 0 amide bonds. The van der Waals surface area contributed by atoms with Crippen molar-refractivity contribution in [2.75, 3.05) is 0 Å². The third kappa shape index (κ3) is 15.8. The molecule has 0 radical (unpaired) electrons. The molecule has 2 aromatic carbocycles. The Bertz CT molecular complexity index is 733. The van der Waals surface area contributed by atoms with E-state index in [2.05, 4.69) is 52.0 Å². The maximum Gasteiger partial charge on any atom is 0.161 e. The molecule has 0 fully saturated rings. The van der Waals surface area contributed by atoms with Gasteiger partial charge in [0.25, 0.3) is 0 Å². The first kappa shape index (κ1) is 32.1. The first-order valence-corrected chi connectivity index (χ1v) is 14.9. The molecule has 0 aromatic heterocycles. The number of alkyl halides is 2. The van der Waals surface area contributed by atoms with Crippen LogP contribution in [0, 0.1) is 11.8 Å². The summed E-state index contributed by atoms with van der Waals surface area (Å²) >= 11 is 12.4. The number of rotatable bonds is 20. The third-order valence-corrected chi connectivity index (χ3v) is 6.95. The fraction of sp³-hybridized carbons (Fsp3) is 0.625. The Labute approximate surface area is 236 Å². The van der Waals surface area contributed by atoms with Crippen molar-refractivity contribution in [3.05, 3.63) is 71.8 Å². The molecule has 0 aliphatic heterocycles. The minimum absolute atomic E-state index is 0.205. The lowest BCUT2D eigenvalue weighted by molar-refractivity contribution is -0.257. The van der Waals surface area contributed by atoms with Crippen molar-refractivity contribution < 1.29 is 14.2 Å². The zero-order valence-corrected chi connectivity index (χ0v) is 24.8. The maximum atomic E-state index is 6.52. The lowest BCUT2D eigenvalue weighted by Gasteiger charge is -2.26. The summed E-state index contributed by atoms with van der Waals surface area (Å²) in [7, 11) is 0. The van der Waals surface area contributed by atoms with Gasteiger partial charge in [0.2, 0.25) is 0 Å². The van der Waals surface area contributed by atoms with Crippen molar-refractivity contribution in [1.29, 1.82) is 0 Å². The van der Waals surface area contributed by atoms with E-state index in [-0.39, 0.29) is 23.3 Å². The van der Waals surface area contributed by atoms with Gasteiger partial charge in [0.1, 0.15) is 0 Å². The van der Waals surface area contributed by atoms with Crippen molar-refractivity contribution in [3.8, 4) is 0 Å². The second-order valence-electron chi connectivity index (χ2n) is 10.7. The maximum absolute atomic E-state index is 6.52. The van der Waals surface area contributed by atoms with E-state index >= 15 is 0 Å². The van der Waals surface area contributed by atoms with Crippen molar-refractivity contribution in [2.24, 2.45) is 11.8 Å². The van der Waals surface area contributed by atoms with Crippen molar-refractivity contribution in [1.82, 2.24) is 0 Å². The van der Waals surface area contributed by atoms with Gasteiger partial charge in [-0.05, 0) is 75.3 Å². The average Bonchev–Trinajstić information content (AvgIpc) is 2.86. The fourth-order valence-electron chi connectivity index (χ4n) is 4.69. The first-order valence-electron chi connectivity index (χ1n) is 14.1. The van der Waals surface area contributed by atoms with E-state index in [0.717, 1.165) is 62.5 Å². The molecular formula is C32H48Cl2O3. The summed E-state index contributed by atoms with van der Waals surface area (Å²) in [5, 5.41) is 0.410. The summed E-state index contributed by atoms with van der Waals surface area (Å²) in [5.41, 5.74) is 2.29. The molecule has 0 saturated carbocycles. The molecule has 208 valence electrons. The van der Waals surface area contributed by atoms with Gasteiger partial charge in [-0.25, -0.2) is 0 Å². The van der Waals surface area contributed by atoms with Crippen LogP contribution in [-0.2, 0) is 27.4 Å². The number of hydrogen-bond donors (Lipinski definition) is 0. The van der Waals surface area contributed by atoms with Gasteiger partial charge in [-0.15, -0.1) is 23.2 Å². The van der Waals surface area contributed by atoms with Gasteiger partial charge < -0.3 is 14.2 Å². The molecule has 2 rings (SSSR count). The number of hydrogen-bond acceptors (Lipinski definition) is 3. The molecule has 0 bridgehead atoms. The second-order valence-corrected chi connectivity index (χ2v) is 12.2. The molecule has 5 heteroatoms. The SMILES string of the molecule is CC(Cl)CC(C)CCCC(OCc1ccccc1)OC(CCCC(C)CC(C)Cl)OCc1ccccc1. The first-order chi connectivity index (χ1) is 17.8. The van der Waals surface area contributed by atoms with E-state index in [0.29, 0.717) is 25.0 Å². The molecule has 0 heterocycles. The topological polar surface area (TPSA) is 27.7 Å². The lowest BCUT2D eigenvalue weighted by atomic mass is 9.98. The van der Waals surface area contributed by atoms with Gasteiger partial charge in [-0.3, -0.25) is 0 Å². The molecule has 6 atom stereocenters. The van der Waals surface area contributed by atoms with E-state index in [1.807, 2.05) is 36.4 Å². The number of ether oxygens (including phenoxy) is 3. The summed E-state index contributed by atoms with van der Waals surface area (Å²) in [6.07, 6.45) is 7.35. The predicted octanol–water partition coefficient (Wildman–Crippen LogP) is 9.74. The Morgan fingerprint density at radius 1 is 0.568 bits per heavy atom. The monoisotopic (exact) mass is 550 g/mol. The van der Waals surface area contributed by atoms with Crippen LogP contribution in [-0.4, -0.2) is 23.3 Å². The normalized spacial score (nSPS) is 16.6. The average molecular weight is 552 g/mol. The Kier molecular flexibility index (Phi) is 16.5. The summed E-state index contributed by atoms with van der Waals surface area (Å²) in [5.74, 6) is 1.16. The quantitative estimate of drug-likeness (QED) is 0.121. The van der Waals surface area contributed by atoms with Crippen molar-refractivity contribution >= 4 is 23.2 Å². The highest BCUT2D eigenvalue weighted by Gasteiger charge is 2.20. The molecule has 0 N–H and O–H groups in total. The zero-order chi connectivity index (χ0) is 26.9. The van der Waals surface area contributed by atoms with Crippen LogP contribution in [0.1, 0.15) is 90.2 Å². The Hall–Kier alpha value is -1.10. The molecule has 0 saturated heterocycles. The van der Waals surface area contributed by atoms with E-state index in [1.165, 1.54) is 0 Å². The highest BCUT2D eigenvalue weighted by molar-refractivity contribution is 6.20. The molecular weight excluding hydrogens is 503 g/mol. The minimum Gasteiger partial charge on any atom is -0.348 e. The van der Waals surface area contributed by atoms with E-state index in [9.17, 15) is 0 Å². The predicted molar refractivity (Wildman–Crippen MR) is 157 cm³/mol. The molecule has 2 aromatic rings. The second kappa shape index (κ2) is 19.0. The Morgan fingerprint density at radius 2 is 0.946 bits per heavy atom. The van der Waals surface area contributed by atoms with Gasteiger partial charge >= 0.3 is 0 Å². The van der Waals surface area contributed by atoms with E-state index in [1.54, 1.807) is 0 Å². The van der Waals surface area contributed by atoms with E-state index in [4.69, 9.17) is 37.4 Å². The molecule has 0 aliphatic rings. The van der Waals surface area contributed by atoms with Crippen LogP contribution >= 0.6 is 23.2 Å². The summed E-state index contributed by atoms with van der Waals surface area (Å²) < 4.78 is 19.1. The zero-order valence-electron chi connectivity index (χ0n) is 23.3. The van der Waals surface area contributed by atoms with Crippen LogP contribution in [0.2, 0.25) is 0 Å². The number of halogens is 2. The summed E-state index contributed by atoms with van der Waals surface area (Å²) in [4.78, 5) is 0. The van der Waals surface area contributed by atoms with Gasteiger partial charge in [0.15, 0.2) is 12.6 Å². The van der Waals surface area contributed by atoms with Gasteiger partial charge in [-0.2, -0.15) is 0 Å². The van der Waals surface area contributed by atoms with Gasteiger partial charge in [0.05, 0.1) is 13.2 Å². The highest BCUT2D eigenvalue weighted by atomic mass is 35.5. The van der Waals surface area contributed by atoms with Gasteiger partial charge in [-0.1, -0.05) is 87.4 Å². The largest absolute Gasteiger partial charge is 0.348 e. The standard InChI is InChI=1S/C32H48Cl2O3/c1-25(21-27(3)33)13-11-19-31(35-23-29-15-7-5-8-16-29)37-32(20-12-14-26(2)22-28(4)34)36-24-30-17-9-6-10-18-30/h5-10,15-18,25-28,31-32H,11-14,19-24H2,1-4H3. The van der Waals surface area contributed by atoms with Crippen molar-refractivity contribution in [2.45, 2.75) is 116 Å². The molecule has 37 heavy (non-hydrogen) atoms. The third-order valence-electron chi connectivity index (χ3n) is 6.59. The summed E-state index contributed by atoms with van der Waals surface area (Å²) in [6.45, 7) is 9.72. The Balaban J connectivity index is 1.99. The van der Waals surface area contributed by atoms with Crippen LogP contribution < -0.4 is 0 Å². The minimum atomic E-state index is -0.318. The fourth-order valence-corrected chi connectivity index (χ4v) is 5.30. The molecule has 0 aliphatic carbocycles. The smallest absolute Gasteiger partial charge is 0.161 e. The lowest BCUT2D eigenvalue weighted by Crippen LogP contribution is -2.27. The summed E-state index contributed by atoms with van der Waals surface area (Å²) in [6, 6.07) is 20.6. The highest BCUT2D eigenvalue weighted by Crippen LogP contribution is 2.23. The van der Waals surface area contributed by atoms with Crippen LogP contribution in [0.5, 0.6) is 0 Å². The molecule has 0 spiro atoms. The van der Waals surface area contributed by atoms with Crippen molar-refractivity contribution in [3.63, 3.8) is 0 Å². The van der Waals surface area contributed by atoms with Crippen LogP contribution in [0.15, 0.2) is 60.7 Å². The molecule has 3 nitrogen and oxygen atoms in total.